The minimum absolute atomic E-state index is 0.0533. The van der Waals surface area contributed by atoms with Gasteiger partial charge in [0.25, 0.3) is 5.56 Å². The Morgan fingerprint density at radius 3 is 2.77 bits per heavy atom. The van der Waals surface area contributed by atoms with Crippen molar-refractivity contribution in [1.29, 1.82) is 0 Å². The van der Waals surface area contributed by atoms with Gasteiger partial charge in [0, 0.05) is 23.9 Å². The summed E-state index contributed by atoms with van der Waals surface area (Å²) in [6, 6.07) is 10.9. The number of nitrogen functional groups attached to an aromatic ring is 1. The first-order valence-corrected chi connectivity index (χ1v) is 8.34. The van der Waals surface area contributed by atoms with Gasteiger partial charge in [-0.3, -0.25) is 9.36 Å². The Labute approximate surface area is 150 Å². The first kappa shape index (κ1) is 16.2. The van der Waals surface area contributed by atoms with E-state index in [2.05, 4.69) is 0 Å². The van der Waals surface area contributed by atoms with Gasteiger partial charge in [-0.1, -0.05) is 0 Å². The molecule has 0 radical (unpaired) electrons. The van der Waals surface area contributed by atoms with Crippen molar-refractivity contribution in [3.05, 3.63) is 58.1 Å². The number of anilines is 1. The zero-order valence-corrected chi connectivity index (χ0v) is 14.7. The van der Waals surface area contributed by atoms with Crippen molar-refractivity contribution < 1.29 is 9.47 Å². The Bertz CT molecular complexity index is 1100. The van der Waals surface area contributed by atoms with Crippen LogP contribution in [0.3, 0.4) is 0 Å². The fourth-order valence-electron chi connectivity index (χ4n) is 3.30. The van der Waals surface area contributed by atoms with E-state index in [0.717, 1.165) is 23.3 Å². The van der Waals surface area contributed by atoms with E-state index in [1.807, 2.05) is 24.3 Å². The molecule has 0 spiro atoms. The van der Waals surface area contributed by atoms with Crippen LogP contribution in [0.2, 0.25) is 0 Å². The van der Waals surface area contributed by atoms with E-state index < -0.39 is 0 Å². The van der Waals surface area contributed by atoms with E-state index in [0.29, 0.717) is 34.7 Å². The van der Waals surface area contributed by atoms with Crippen LogP contribution in [0.4, 0.5) is 5.69 Å². The Morgan fingerprint density at radius 2 is 2.00 bits per heavy atom. The maximum absolute atomic E-state index is 12.8. The van der Waals surface area contributed by atoms with Gasteiger partial charge in [0.2, 0.25) is 0 Å². The van der Waals surface area contributed by atoms with Gasteiger partial charge < -0.3 is 15.2 Å². The molecule has 0 bridgehead atoms. The van der Waals surface area contributed by atoms with Gasteiger partial charge in [-0.25, -0.2) is 4.98 Å². The number of hydrogen-bond acceptors (Lipinski definition) is 5. The molecule has 2 N–H and O–H groups in total. The SMILES string of the molecule is COc1ccc(/C=C2\CCn3c2nc2ccc(N)cc2c3=O)c(OC)c1. The van der Waals surface area contributed by atoms with E-state index in [-0.39, 0.29) is 5.56 Å². The molecule has 4 rings (SSSR count). The molecule has 6 heteroatoms. The van der Waals surface area contributed by atoms with Crippen molar-refractivity contribution in [3.8, 4) is 11.5 Å². The number of fused-ring (bicyclic) bond motifs is 2. The average Bonchev–Trinajstić information content (AvgIpc) is 3.06. The Kier molecular flexibility index (Phi) is 3.88. The molecule has 0 atom stereocenters. The topological polar surface area (TPSA) is 79.4 Å². The van der Waals surface area contributed by atoms with Gasteiger partial charge in [-0.2, -0.15) is 0 Å². The first-order chi connectivity index (χ1) is 12.6. The molecule has 0 aliphatic carbocycles. The van der Waals surface area contributed by atoms with Gasteiger partial charge >= 0.3 is 0 Å². The number of allylic oxidation sites excluding steroid dienone is 1. The molecule has 0 fully saturated rings. The second kappa shape index (κ2) is 6.22. The molecule has 1 aromatic heterocycles. The van der Waals surface area contributed by atoms with Crippen molar-refractivity contribution in [3.63, 3.8) is 0 Å². The van der Waals surface area contributed by atoms with Crippen molar-refractivity contribution in [1.82, 2.24) is 9.55 Å². The number of hydrogen-bond donors (Lipinski definition) is 1. The summed E-state index contributed by atoms with van der Waals surface area (Å²) in [5, 5.41) is 0.553. The lowest BCUT2D eigenvalue weighted by atomic mass is 10.1. The molecule has 0 amide bonds. The van der Waals surface area contributed by atoms with E-state index in [9.17, 15) is 4.79 Å². The smallest absolute Gasteiger partial charge is 0.261 e. The minimum atomic E-state index is -0.0533. The van der Waals surface area contributed by atoms with Crippen molar-refractivity contribution in [2.75, 3.05) is 20.0 Å². The summed E-state index contributed by atoms with van der Waals surface area (Å²) < 4.78 is 12.4. The molecular formula is C20H19N3O3. The first-order valence-electron chi connectivity index (χ1n) is 8.34. The number of benzene rings is 2. The van der Waals surface area contributed by atoms with Crippen LogP contribution < -0.4 is 20.8 Å². The lowest BCUT2D eigenvalue weighted by molar-refractivity contribution is 0.394. The summed E-state index contributed by atoms with van der Waals surface area (Å²) in [7, 11) is 3.24. The fourth-order valence-corrected chi connectivity index (χ4v) is 3.30. The van der Waals surface area contributed by atoms with Gasteiger partial charge in [0.1, 0.15) is 17.3 Å². The predicted octanol–water partition coefficient (Wildman–Crippen LogP) is 2.94. The molecule has 1 aliphatic rings. The zero-order chi connectivity index (χ0) is 18.3. The number of nitrogens with zero attached hydrogens (tertiary/aromatic N) is 2. The summed E-state index contributed by atoms with van der Waals surface area (Å²) in [5.74, 6) is 2.14. The Morgan fingerprint density at radius 1 is 1.15 bits per heavy atom. The molecule has 132 valence electrons. The summed E-state index contributed by atoms with van der Waals surface area (Å²) in [6.45, 7) is 0.607. The summed E-state index contributed by atoms with van der Waals surface area (Å²) in [4.78, 5) is 17.5. The lowest BCUT2D eigenvalue weighted by Crippen LogP contribution is -2.20. The zero-order valence-electron chi connectivity index (χ0n) is 14.7. The van der Waals surface area contributed by atoms with Crippen LogP contribution in [-0.2, 0) is 6.54 Å². The molecule has 3 aromatic rings. The summed E-state index contributed by atoms with van der Waals surface area (Å²) in [6.07, 6.45) is 2.76. The average molecular weight is 349 g/mol. The molecule has 1 aliphatic heterocycles. The number of ether oxygens (including phenoxy) is 2. The van der Waals surface area contributed by atoms with Crippen LogP contribution in [0.1, 0.15) is 17.8 Å². The second-order valence-electron chi connectivity index (χ2n) is 6.20. The second-order valence-corrected chi connectivity index (χ2v) is 6.20. The van der Waals surface area contributed by atoms with Crippen molar-refractivity contribution in [2.24, 2.45) is 0 Å². The number of methoxy groups -OCH3 is 2. The van der Waals surface area contributed by atoms with Crippen LogP contribution in [0.25, 0.3) is 22.6 Å². The van der Waals surface area contributed by atoms with Gasteiger partial charge in [0.15, 0.2) is 0 Å². The Balaban J connectivity index is 1.86. The standard InChI is InChI=1S/C20H19N3O3/c1-25-15-5-3-12(18(11-15)26-2)9-13-7-8-23-19(13)22-17-6-4-14(21)10-16(17)20(23)24/h3-6,9-11H,7-8,21H2,1-2H3/b13-9+. The Hall–Kier alpha value is -3.28. The molecule has 0 saturated heterocycles. The molecule has 26 heavy (non-hydrogen) atoms. The van der Waals surface area contributed by atoms with E-state index in [1.54, 1.807) is 37.0 Å². The maximum Gasteiger partial charge on any atom is 0.261 e. The van der Waals surface area contributed by atoms with E-state index >= 15 is 0 Å². The molecular weight excluding hydrogens is 330 g/mol. The van der Waals surface area contributed by atoms with Crippen LogP contribution in [0.15, 0.2) is 41.2 Å². The molecule has 2 aromatic carbocycles. The number of rotatable bonds is 3. The minimum Gasteiger partial charge on any atom is -0.497 e. The predicted molar refractivity (Wildman–Crippen MR) is 102 cm³/mol. The maximum atomic E-state index is 12.8. The van der Waals surface area contributed by atoms with E-state index in [4.69, 9.17) is 20.2 Å². The normalized spacial score (nSPS) is 14.6. The van der Waals surface area contributed by atoms with E-state index in [1.165, 1.54) is 0 Å². The highest BCUT2D eigenvalue weighted by atomic mass is 16.5. The highest BCUT2D eigenvalue weighted by molar-refractivity contribution is 5.86. The van der Waals surface area contributed by atoms with Gasteiger partial charge in [-0.05, 0) is 48.4 Å². The molecule has 0 unspecified atom stereocenters. The number of aromatic nitrogens is 2. The molecule has 2 heterocycles. The van der Waals surface area contributed by atoms with Crippen LogP contribution >= 0.6 is 0 Å². The molecule has 0 saturated carbocycles. The number of nitrogens with two attached hydrogens (primary N) is 1. The monoisotopic (exact) mass is 349 g/mol. The summed E-state index contributed by atoms with van der Waals surface area (Å²) in [5.41, 5.74) is 8.90. The quantitative estimate of drug-likeness (QED) is 0.736. The van der Waals surface area contributed by atoms with Gasteiger partial charge in [-0.15, -0.1) is 0 Å². The van der Waals surface area contributed by atoms with Crippen LogP contribution in [0, 0.1) is 0 Å². The van der Waals surface area contributed by atoms with Crippen molar-refractivity contribution >= 4 is 28.2 Å². The third-order valence-electron chi connectivity index (χ3n) is 4.64. The lowest BCUT2D eigenvalue weighted by Gasteiger charge is -2.09. The summed E-state index contributed by atoms with van der Waals surface area (Å²) >= 11 is 0. The van der Waals surface area contributed by atoms with Gasteiger partial charge in [0.05, 0.1) is 25.1 Å². The third kappa shape index (κ3) is 2.60. The van der Waals surface area contributed by atoms with Crippen LogP contribution in [0.5, 0.6) is 11.5 Å². The third-order valence-corrected chi connectivity index (χ3v) is 4.64. The fraction of sp³-hybridized carbons (Fsp3) is 0.200. The van der Waals surface area contributed by atoms with Crippen LogP contribution in [-0.4, -0.2) is 23.8 Å². The highest BCUT2D eigenvalue weighted by Crippen LogP contribution is 2.32. The largest absolute Gasteiger partial charge is 0.497 e. The highest BCUT2D eigenvalue weighted by Gasteiger charge is 2.21. The van der Waals surface area contributed by atoms with Crippen molar-refractivity contribution in [2.45, 2.75) is 13.0 Å². The molecule has 6 nitrogen and oxygen atoms in total.